The SMILES string of the molecule is C.C.C.Cl.O=C(Nc1ccccc1)N1CCC2(CC1)NCC(=O)N2Cc1ccccc1.O=C1CCN(C(=O)Nc2ccccc2)CC1.O=C1CCNCC1.O=C=Nc1ccccc1.[CH3-]. The molecule has 0 atom stereocenters. The van der Waals surface area contributed by atoms with Crippen LogP contribution in [0.25, 0.3) is 0 Å². The number of benzene rings is 4. The predicted molar refractivity (Wildman–Crippen MR) is 260 cm³/mol. The molecular formula is C49H68ClN8O6-. The van der Waals surface area contributed by atoms with Gasteiger partial charge >= 0.3 is 12.1 Å². The average molecular weight is 901 g/mol. The topological polar surface area (TPSA) is 173 Å². The second-order valence-corrected chi connectivity index (χ2v) is 14.3. The van der Waals surface area contributed by atoms with Gasteiger partial charge in [0.25, 0.3) is 0 Å². The number of piperidine rings is 3. The number of carbonyl (C=O) groups is 5. The van der Waals surface area contributed by atoms with E-state index in [-0.39, 0.29) is 71.5 Å². The molecule has 8 rings (SSSR count). The summed E-state index contributed by atoms with van der Waals surface area (Å²) in [5.41, 5.74) is 2.99. The van der Waals surface area contributed by atoms with Gasteiger partial charge in [0.1, 0.15) is 11.6 Å². The molecule has 0 saturated carbocycles. The van der Waals surface area contributed by atoms with Crippen molar-refractivity contribution in [3.05, 3.63) is 134 Å². The third-order valence-electron chi connectivity index (χ3n) is 10.2. The lowest BCUT2D eigenvalue weighted by atomic mass is 9.95. The number of hydrogen-bond donors (Lipinski definition) is 4. The summed E-state index contributed by atoms with van der Waals surface area (Å²) in [5, 5.41) is 12.3. The Labute approximate surface area is 386 Å². The number of nitrogens with zero attached hydrogens (tertiary/aromatic N) is 4. The molecule has 4 fully saturated rings. The number of nitrogens with one attached hydrogen (secondary N) is 4. The maximum Gasteiger partial charge on any atom is 0.321 e. The zero-order valence-corrected chi connectivity index (χ0v) is 35.4. The number of rotatable bonds is 5. The van der Waals surface area contributed by atoms with E-state index < -0.39 is 0 Å². The number of carbonyl (C=O) groups excluding carboxylic acids is 6. The molecule has 64 heavy (non-hydrogen) atoms. The number of anilines is 2. The Bertz CT molecular complexity index is 2000. The molecule has 4 aromatic rings. The van der Waals surface area contributed by atoms with Crippen LogP contribution in [0.3, 0.4) is 0 Å². The zero-order valence-electron chi connectivity index (χ0n) is 34.6. The van der Waals surface area contributed by atoms with Gasteiger partial charge in [-0.2, -0.15) is 4.99 Å². The van der Waals surface area contributed by atoms with Gasteiger partial charge in [0.2, 0.25) is 12.0 Å². The molecule has 14 nitrogen and oxygen atoms in total. The number of isocyanates is 1. The molecule has 1 spiro atoms. The Morgan fingerprint density at radius 2 is 1.05 bits per heavy atom. The van der Waals surface area contributed by atoms with Gasteiger partial charge in [-0.25, -0.2) is 14.4 Å². The second-order valence-electron chi connectivity index (χ2n) is 14.3. The second kappa shape index (κ2) is 30.8. The molecule has 5 amide bonds. The van der Waals surface area contributed by atoms with Crippen molar-refractivity contribution in [1.82, 2.24) is 25.3 Å². The first kappa shape index (κ1) is 57.8. The largest absolute Gasteiger partial charge is 0.358 e. The van der Waals surface area contributed by atoms with Gasteiger partial charge in [-0.1, -0.05) is 107 Å². The van der Waals surface area contributed by atoms with Crippen molar-refractivity contribution < 1.29 is 28.8 Å². The Kier molecular flexibility index (Phi) is 27.8. The maximum atomic E-state index is 12.5. The van der Waals surface area contributed by atoms with Crippen molar-refractivity contribution in [2.75, 3.05) is 56.4 Å². The Morgan fingerprint density at radius 1 is 0.625 bits per heavy atom. The molecule has 4 aromatic carbocycles. The van der Waals surface area contributed by atoms with Crippen LogP contribution in [-0.4, -0.2) is 102 Å². The van der Waals surface area contributed by atoms with E-state index in [1.807, 2.05) is 119 Å². The lowest BCUT2D eigenvalue weighted by molar-refractivity contribution is -0.132. The van der Waals surface area contributed by atoms with E-state index >= 15 is 0 Å². The van der Waals surface area contributed by atoms with Gasteiger partial charge < -0.3 is 38.1 Å². The molecular weight excluding hydrogens is 832 g/mol. The number of likely N-dealkylation sites (tertiary alicyclic amines) is 2. The van der Waals surface area contributed by atoms with Crippen LogP contribution in [0.1, 0.15) is 66.4 Å². The van der Waals surface area contributed by atoms with Gasteiger partial charge in [0, 0.05) is 95.7 Å². The van der Waals surface area contributed by atoms with Crippen LogP contribution in [0.4, 0.5) is 26.7 Å². The highest BCUT2D eigenvalue weighted by molar-refractivity contribution is 5.91. The van der Waals surface area contributed by atoms with Crippen molar-refractivity contribution >= 4 is 65.1 Å². The Morgan fingerprint density at radius 3 is 1.48 bits per heavy atom. The van der Waals surface area contributed by atoms with E-state index in [0.29, 0.717) is 63.6 Å². The number of para-hydroxylation sites is 3. The first-order valence-corrected chi connectivity index (χ1v) is 19.9. The third-order valence-corrected chi connectivity index (χ3v) is 10.2. The van der Waals surface area contributed by atoms with Gasteiger partial charge in [0.05, 0.1) is 17.9 Å². The predicted octanol–water partition coefficient (Wildman–Crippen LogP) is 8.90. The fourth-order valence-electron chi connectivity index (χ4n) is 6.87. The standard InChI is InChI=1S/C21H24N4O2.C12H14N2O2.C7H5NO.C5H9NO.3CH4.CH3.ClH/c26-19-15-22-21(25(19)16-17-7-3-1-4-8-17)11-13-24(14-12-21)20(27)23-18-9-5-2-6-10-18;15-11-6-8-14(9-7-11)12(16)13-10-4-2-1-3-5-10;9-6-8-7-4-2-1-3-5-7;7-5-1-3-6-4-2-5;;;;;/h1-10,22H,11-16H2,(H,23,27);1-5H,6-9H2,(H,13,16);1-5H;6H,1-4H2;3*1H4;1H3;1H/q;;;;;;;-1;. The molecule has 0 aliphatic carbocycles. The number of urea groups is 2. The molecule has 4 saturated heterocycles. The summed E-state index contributed by atoms with van der Waals surface area (Å²) in [6.45, 7) is 5.02. The highest BCUT2D eigenvalue weighted by Crippen LogP contribution is 2.32. The first-order valence-electron chi connectivity index (χ1n) is 19.9. The summed E-state index contributed by atoms with van der Waals surface area (Å²) in [7, 11) is 0. The van der Waals surface area contributed by atoms with E-state index in [1.165, 1.54) is 6.08 Å². The number of ketones is 2. The summed E-state index contributed by atoms with van der Waals surface area (Å²) in [4.78, 5) is 76.8. The van der Waals surface area contributed by atoms with Gasteiger partial charge in [-0.3, -0.25) is 19.7 Å². The van der Waals surface area contributed by atoms with Crippen molar-refractivity contribution in [2.24, 2.45) is 4.99 Å². The summed E-state index contributed by atoms with van der Waals surface area (Å²) >= 11 is 0. The minimum atomic E-state index is -0.351. The third kappa shape index (κ3) is 18.7. The molecule has 4 heterocycles. The van der Waals surface area contributed by atoms with Crippen molar-refractivity contribution in [2.45, 2.75) is 73.0 Å². The molecule has 0 bridgehead atoms. The van der Waals surface area contributed by atoms with E-state index in [4.69, 9.17) is 0 Å². The molecule has 348 valence electrons. The lowest BCUT2D eigenvalue weighted by Gasteiger charge is -2.44. The number of aliphatic imine (C=N–C) groups is 1. The molecule has 0 aromatic heterocycles. The molecule has 0 radical (unpaired) electrons. The smallest absolute Gasteiger partial charge is 0.321 e. The van der Waals surface area contributed by atoms with E-state index in [1.54, 1.807) is 17.0 Å². The summed E-state index contributed by atoms with van der Waals surface area (Å²) in [6, 6.07) is 37.6. The van der Waals surface area contributed by atoms with Crippen LogP contribution >= 0.6 is 12.4 Å². The number of halogens is 1. The van der Waals surface area contributed by atoms with E-state index in [0.717, 1.165) is 55.7 Å². The van der Waals surface area contributed by atoms with Crippen LogP contribution in [0.15, 0.2) is 126 Å². The summed E-state index contributed by atoms with van der Waals surface area (Å²) in [5.74, 6) is 0.767. The Hall–Kier alpha value is -6.18. The first-order chi connectivity index (χ1) is 28.7. The molecule has 4 aliphatic heterocycles. The van der Waals surface area contributed by atoms with Crippen molar-refractivity contribution in [3.8, 4) is 0 Å². The number of amides is 5. The van der Waals surface area contributed by atoms with E-state index in [9.17, 15) is 28.8 Å². The molecule has 0 unspecified atom stereocenters. The van der Waals surface area contributed by atoms with Crippen LogP contribution in [0, 0.1) is 7.43 Å². The molecule has 15 heteroatoms. The highest BCUT2D eigenvalue weighted by atomic mass is 35.5. The van der Waals surface area contributed by atoms with Crippen molar-refractivity contribution in [3.63, 3.8) is 0 Å². The summed E-state index contributed by atoms with van der Waals surface area (Å²) < 4.78 is 0. The Balaban J connectivity index is 0.000000914. The fourth-order valence-corrected chi connectivity index (χ4v) is 6.87. The highest BCUT2D eigenvalue weighted by Gasteiger charge is 2.47. The minimum Gasteiger partial charge on any atom is -0.358 e. The van der Waals surface area contributed by atoms with Gasteiger partial charge in [-0.05, 0) is 42.0 Å². The quantitative estimate of drug-likeness (QED) is 0.0874. The van der Waals surface area contributed by atoms with Crippen LogP contribution < -0.4 is 21.3 Å². The molecule has 4 N–H and O–H groups in total. The fraction of sp³-hybridized carbons (Fsp3) is 0.367. The minimum absolute atomic E-state index is 0. The van der Waals surface area contributed by atoms with Crippen LogP contribution in [0.5, 0.6) is 0 Å². The van der Waals surface area contributed by atoms with Crippen LogP contribution in [0.2, 0.25) is 0 Å². The zero-order chi connectivity index (χ0) is 41.7. The number of hydrogen-bond acceptors (Lipinski definition) is 9. The maximum absolute atomic E-state index is 12.5. The van der Waals surface area contributed by atoms with Crippen LogP contribution in [-0.2, 0) is 25.7 Å². The number of Topliss-reactive ketones (excluding diaryl/α,β-unsaturated/α-hetero) is 2. The average Bonchev–Trinajstić information content (AvgIpc) is 3.56. The lowest BCUT2D eigenvalue weighted by Crippen LogP contribution is -2.59. The molecule has 4 aliphatic rings. The van der Waals surface area contributed by atoms with Gasteiger partial charge in [0.15, 0.2) is 0 Å². The van der Waals surface area contributed by atoms with E-state index in [2.05, 4.69) is 26.3 Å². The summed E-state index contributed by atoms with van der Waals surface area (Å²) in [6.07, 6.45) is 5.34. The monoisotopic (exact) mass is 899 g/mol. The van der Waals surface area contributed by atoms with Gasteiger partial charge in [-0.15, -0.1) is 12.4 Å². The normalized spacial score (nSPS) is 15.5. The van der Waals surface area contributed by atoms with Crippen molar-refractivity contribution in [1.29, 1.82) is 0 Å².